The number of carbonyl (C=O) groups is 1. The summed E-state index contributed by atoms with van der Waals surface area (Å²) in [5.41, 5.74) is 3.22. The van der Waals surface area contributed by atoms with Gasteiger partial charge in [-0.3, -0.25) is 4.98 Å². The second-order valence-electron chi connectivity index (χ2n) is 4.97. The Labute approximate surface area is 125 Å². The van der Waals surface area contributed by atoms with Crippen LogP contribution in [-0.2, 0) is 12.8 Å². The lowest BCUT2D eigenvalue weighted by Crippen LogP contribution is -2.33. The average molecular weight is 283 g/mol. The Hall–Kier alpha value is -2.36. The number of aromatic nitrogens is 1. The lowest BCUT2D eigenvalue weighted by molar-refractivity contribution is 0.223. The summed E-state index contributed by atoms with van der Waals surface area (Å²) in [6.07, 6.45) is 5.26. The Morgan fingerprint density at radius 2 is 1.90 bits per heavy atom. The Morgan fingerprint density at radius 1 is 1.19 bits per heavy atom. The van der Waals surface area contributed by atoms with Crippen molar-refractivity contribution in [3.8, 4) is 0 Å². The minimum absolute atomic E-state index is 0.0787. The van der Waals surface area contributed by atoms with Crippen molar-refractivity contribution < 1.29 is 4.79 Å². The summed E-state index contributed by atoms with van der Waals surface area (Å²) in [5.74, 6) is 0. The first-order valence-corrected chi connectivity index (χ1v) is 7.19. The number of pyridine rings is 1. The number of hydrogen-bond donors (Lipinski definition) is 1. The molecule has 110 valence electrons. The van der Waals surface area contributed by atoms with Gasteiger partial charge in [0.2, 0.25) is 0 Å². The molecular formula is C17H21N3O. The van der Waals surface area contributed by atoms with E-state index in [1.165, 1.54) is 5.56 Å². The van der Waals surface area contributed by atoms with Crippen LogP contribution in [0.1, 0.15) is 18.1 Å². The number of urea groups is 1. The molecule has 0 bridgehead atoms. The number of para-hydroxylation sites is 1. The summed E-state index contributed by atoms with van der Waals surface area (Å²) in [6.45, 7) is 2.75. The summed E-state index contributed by atoms with van der Waals surface area (Å²) in [7, 11) is 1.81. The lowest BCUT2D eigenvalue weighted by atomic mass is 10.1. The van der Waals surface area contributed by atoms with Crippen molar-refractivity contribution in [2.45, 2.75) is 19.8 Å². The molecule has 1 aromatic heterocycles. The molecule has 21 heavy (non-hydrogen) atoms. The van der Waals surface area contributed by atoms with E-state index in [-0.39, 0.29) is 6.03 Å². The molecule has 0 aliphatic rings. The van der Waals surface area contributed by atoms with Crippen LogP contribution in [0, 0.1) is 0 Å². The van der Waals surface area contributed by atoms with Crippen molar-refractivity contribution in [1.82, 2.24) is 9.88 Å². The van der Waals surface area contributed by atoms with E-state index >= 15 is 0 Å². The normalized spacial score (nSPS) is 10.2. The third kappa shape index (κ3) is 4.31. The molecule has 0 saturated heterocycles. The van der Waals surface area contributed by atoms with Gasteiger partial charge in [0.05, 0.1) is 0 Å². The van der Waals surface area contributed by atoms with Crippen LogP contribution in [0.3, 0.4) is 0 Å². The SMILES string of the molecule is CCc1ccccc1NC(=O)N(C)CCc1ccncc1. The molecule has 0 atom stereocenters. The smallest absolute Gasteiger partial charge is 0.321 e. The summed E-state index contributed by atoms with van der Waals surface area (Å²) >= 11 is 0. The van der Waals surface area contributed by atoms with Crippen molar-refractivity contribution in [2.75, 3.05) is 18.9 Å². The first-order chi connectivity index (χ1) is 10.2. The van der Waals surface area contributed by atoms with Gasteiger partial charge >= 0.3 is 6.03 Å². The minimum Gasteiger partial charge on any atom is -0.327 e. The van der Waals surface area contributed by atoms with Gasteiger partial charge in [-0.2, -0.15) is 0 Å². The van der Waals surface area contributed by atoms with E-state index in [2.05, 4.69) is 17.2 Å². The van der Waals surface area contributed by atoms with Crippen molar-refractivity contribution in [3.05, 3.63) is 59.9 Å². The highest BCUT2D eigenvalue weighted by atomic mass is 16.2. The zero-order valence-corrected chi connectivity index (χ0v) is 12.5. The minimum atomic E-state index is -0.0787. The van der Waals surface area contributed by atoms with Crippen LogP contribution >= 0.6 is 0 Å². The lowest BCUT2D eigenvalue weighted by Gasteiger charge is -2.19. The molecule has 0 spiro atoms. The van der Waals surface area contributed by atoms with Gasteiger partial charge in [-0.15, -0.1) is 0 Å². The third-order valence-corrected chi connectivity index (χ3v) is 3.47. The molecule has 0 aliphatic heterocycles. The maximum Gasteiger partial charge on any atom is 0.321 e. The van der Waals surface area contributed by atoms with Crippen LogP contribution < -0.4 is 5.32 Å². The molecule has 2 aromatic rings. The van der Waals surface area contributed by atoms with Crippen LogP contribution in [0.2, 0.25) is 0 Å². The summed E-state index contributed by atoms with van der Waals surface area (Å²) < 4.78 is 0. The third-order valence-electron chi connectivity index (χ3n) is 3.47. The molecule has 1 heterocycles. The number of carbonyl (C=O) groups excluding carboxylic acids is 1. The average Bonchev–Trinajstić information content (AvgIpc) is 2.54. The number of aryl methyl sites for hydroxylation is 1. The first-order valence-electron chi connectivity index (χ1n) is 7.19. The highest BCUT2D eigenvalue weighted by Gasteiger charge is 2.10. The Morgan fingerprint density at radius 3 is 2.62 bits per heavy atom. The molecule has 0 fully saturated rings. The summed E-state index contributed by atoms with van der Waals surface area (Å²) in [6, 6.07) is 11.8. The summed E-state index contributed by atoms with van der Waals surface area (Å²) in [5, 5.41) is 2.97. The molecule has 0 unspecified atom stereocenters. The van der Waals surface area contributed by atoms with E-state index in [9.17, 15) is 4.79 Å². The largest absolute Gasteiger partial charge is 0.327 e. The maximum absolute atomic E-state index is 12.2. The molecule has 0 saturated carbocycles. The van der Waals surface area contributed by atoms with E-state index in [1.54, 1.807) is 17.3 Å². The predicted octanol–water partition coefficient (Wildman–Crippen LogP) is 3.35. The predicted molar refractivity (Wildman–Crippen MR) is 85.4 cm³/mol. The van der Waals surface area contributed by atoms with Gasteiger partial charge < -0.3 is 10.2 Å². The van der Waals surface area contributed by atoms with Gasteiger partial charge in [0.1, 0.15) is 0 Å². The first kappa shape index (κ1) is 15.0. The highest BCUT2D eigenvalue weighted by Crippen LogP contribution is 2.15. The molecule has 2 rings (SSSR count). The van der Waals surface area contributed by atoms with E-state index in [1.807, 2.05) is 43.4 Å². The molecule has 4 heteroatoms. The zero-order valence-electron chi connectivity index (χ0n) is 12.5. The monoisotopic (exact) mass is 283 g/mol. The van der Waals surface area contributed by atoms with Crippen molar-refractivity contribution in [2.24, 2.45) is 0 Å². The van der Waals surface area contributed by atoms with E-state index in [4.69, 9.17) is 0 Å². The van der Waals surface area contributed by atoms with Gasteiger partial charge in [0.15, 0.2) is 0 Å². The molecule has 0 radical (unpaired) electrons. The van der Waals surface area contributed by atoms with Crippen LogP contribution in [0.15, 0.2) is 48.8 Å². The number of nitrogens with one attached hydrogen (secondary N) is 1. The number of nitrogens with zero attached hydrogens (tertiary/aromatic N) is 2. The molecule has 1 N–H and O–H groups in total. The number of amides is 2. The van der Waals surface area contributed by atoms with E-state index in [0.717, 1.165) is 24.1 Å². The molecule has 0 aliphatic carbocycles. The molecule has 1 aromatic carbocycles. The fraction of sp³-hybridized carbons (Fsp3) is 0.294. The topological polar surface area (TPSA) is 45.2 Å². The van der Waals surface area contributed by atoms with Crippen LogP contribution in [0.5, 0.6) is 0 Å². The number of rotatable bonds is 5. The zero-order chi connectivity index (χ0) is 15.1. The van der Waals surface area contributed by atoms with Gasteiger partial charge in [-0.1, -0.05) is 25.1 Å². The van der Waals surface area contributed by atoms with Gasteiger partial charge in [0, 0.05) is 31.7 Å². The van der Waals surface area contributed by atoms with E-state index in [0.29, 0.717) is 6.54 Å². The Bertz CT molecular complexity index is 584. The fourth-order valence-corrected chi connectivity index (χ4v) is 2.11. The number of likely N-dealkylation sites (N-methyl/N-ethyl adjacent to an activating group) is 1. The molecular weight excluding hydrogens is 262 g/mol. The maximum atomic E-state index is 12.2. The van der Waals surface area contributed by atoms with Crippen molar-refractivity contribution in [3.63, 3.8) is 0 Å². The quantitative estimate of drug-likeness (QED) is 0.914. The number of anilines is 1. The number of hydrogen-bond acceptors (Lipinski definition) is 2. The van der Waals surface area contributed by atoms with E-state index < -0.39 is 0 Å². The van der Waals surface area contributed by atoms with Crippen LogP contribution in [0.25, 0.3) is 0 Å². The van der Waals surface area contributed by atoms with Crippen LogP contribution in [-0.4, -0.2) is 29.5 Å². The van der Waals surface area contributed by atoms with Gasteiger partial charge in [-0.25, -0.2) is 4.79 Å². The fourth-order valence-electron chi connectivity index (χ4n) is 2.11. The van der Waals surface area contributed by atoms with Crippen molar-refractivity contribution >= 4 is 11.7 Å². The van der Waals surface area contributed by atoms with Crippen LogP contribution in [0.4, 0.5) is 10.5 Å². The Balaban J connectivity index is 1.90. The second kappa shape index (κ2) is 7.43. The molecule has 4 nitrogen and oxygen atoms in total. The van der Waals surface area contributed by atoms with Crippen molar-refractivity contribution in [1.29, 1.82) is 0 Å². The van der Waals surface area contributed by atoms with Gasteiger partial charge in [0.25, 0.3) is 0 Å². The highest BCUT2D eigenvalue weighted by molar-refractivity contribution is 5.90. The second-order valence-corrected chi connectivity index (χ2v) is 4.97. The standard InChI is InChI=1S/C17H21N3O/c1-3-15-6-4-5-7-16(15)19-17(21)20(2)13-10-14-8-11-18-12-9-14/h4-9,11-12H,3,10,13H2,1-2H3,(H,19,21). The van der Waals surface area contributed by atoms with Gasteiger partial charge in [-0.05, 0) is 42.2 Å². The Kier molecular flexibility index (Phi) is 5.32. The number of benzene rings is 1. The molecule has 2 amide bonds. The summed E-state index contributed by atoms with van der Waals surface area (Å²) in [4.78, 5) is 17.9.